The zero-order chi connectivity index (χ0) is 9.26. The molecule has 0 saturated heterocycles. The van der Waals surface area contributed by atoms with Gasteiger partial charge in [0.25, 0.3) is 0 Å². The Morgan fingerprint density at radius 2 is 2.08 bits per heavy atom. The van der Waals surface area contributed by atoms with Gasteiger partial charge >= 0.3 is 0 Å². The second-order valence-corrected chi connectivity index (χ2v) is 3.30. The third-order valence-corrected chi connectivity index (χ3v) is 2.47. The molecule has 0 fully saturated rings. The summed E-state index contributed by atoms with van der Waals surface area (Å²) in [6, 6.07) is 8.37. The summed E-state index contributed by atoms with van der Waals surface area (Å²) < 4.78 is 5.31. The van der Waals surface area contributed by atoms with Gasteiger partial charge in [-0.3, -0.25) is 0 Å². The van der Waals surface area contributed by atoms with Crippen molar-refractivity contribution < 1.29 is 9.64 Å². The molecule has 0 aliphatic carbocycles. The van der Waals surface area contributed by atoms with Gasteiger partial charge in [-0.2, -0.15) is 0 Å². The van der Waals surface area contributed by atoms with Gasteiger partial charge in [-0.1, -0.05) is 12.1 Å². The normalized spacial score (nSPS) is 20.5. The van der Waals surface area contributed by atoms with E-state index in [1.165, 1.54) is 16.2 Å². The second kappa shape index (κ2) is 3.23. The third kappa shape index (κ3) is 1.33. The minimum absolute atomic E-state index is 1.00. The van der Waals surface area contributed by atoms with Crippen LogP contribution in [0.4, 0.5) is 5.69 Å². The van der Waals surface area contributed by atoms with E-state index in [0.717, 1.165) is 12.3 Å². The van der Waals surface area contributed by atoms with Crippen LogP contribution in [0.1, 0.15) is 5.56 Å². The van der Waals surface area contributed by atoms with Crippen LogP contribution in [-0.4, -0.2) is 20.7 Å². The van der Waals surface area contributed by atoms with Crippen molar-refractivity contribution in [1.82, 2.24) is 0 Å². The molecular formula is C11H14NO+. The fourth-order valence-corrected chi connectivity index (χ4v) is 1.73. The molecule has 1 N–H and O–H groups in total. The van der Waals surface area contributed by atoms with E-state index in [0.29, 0.717) is 0 Å². The molecule has 0 radical (unpaired) electrons. The van der Waals surface area contributed by atoms with Gasteiger partial charge in [0, 0.05) is 6.08 Å². The summed E-state index contributed by atoms with van der Waals surface area (Å²) in [6.45, 7) is 1.00. The van der Waals surface area contributed by atoms with E-state index in [9.17, 15) is 0 Å². The fourth-order valence-electron chi connectivity index (χ4n) is 1.73. The Morgan fingerprint density at radius 3 is 2.85 bits per heavy atom. The van der Waals surface area contributed by atoms with E-state index in [-0.39, 0.29) is 0 Å². The lowest BCUT2D eigenvalue weighted by Gasteiger charge is -2.21. The molecule has 1 aliphatic heterocycles. The highest BCUT2D eigenvalue weighted by Crippen LogP contribution is 2.23. The number of rotatable bonds is 1. The average molecular weight is 176 g/mol. The molecule has 68 valence electrons. The zero-order valence-electron chi connectivity index (χ0n) is 8.00. The van der Waals surface area contributed by atoms with Crippen LogP contribution in [0, 0.1) is 0 Å². The van der Waals surface area contributed by atoms with Gasteiger partial charge in [-0.15, -0.1) is 0 Å². The van der Waals surface area contributed by atoms with Gasteiger partial charge in [-0.25, -0.2) is 0 Å². The first-order valence-corrected chi connectivity index (χ1v) is 4.49. The average Bonchev–Trinajstić information content (AvgIpc) is 2.19. The molecule has 1 aliphatic rings. The number of hydrogen-bond donors (Lipinski definition) is 1. The maximum atomic E-state index is 5.31. The molecule has 2 rings (SSSR count). The Morgan fingerprint density at radius 1 is 1.31 bits per heavy atom. The van der Waals surface area contributed by atoms with Crippen LogP contribution < -0.4 is 4.90 Å². The van der Waals surface area contributed by atoms with Crippen molar-refractivity contribution in [3.05, 3.63) is 35.9 Å². The summed E-state index contributed by atoms with van der Waals surface area (Å²) in [5, 5.41) is 0. The van der Waals surface area contributed by atoms with Crippen LogP contribution in [0.15, 0.2) is 30.3 Å². The highest BCUT2D eigenvalue weighted by Gasteiger charge is 2.19. The van der Waals surface area contributed by atoms with Crippen molar-refractivity contribution in [3.8, 4) is 0 Å². The quantitative estimate of drug-likeness (QED) is 0.669. The number of fused-ring (bicyclic) bond motifs is 1. The van der Waals surface area contributed by atoms with E-state index < -0.39 is 0 Å². The first kappa shape index (κ1) is 8.32. The van der Waals surface area contributed by atoms with Gasteiger partial charge in [-0.05, 0) is 12.1 Å². The van der Waals surface area contributed by atoms with Crippen molar-refractivity contribution in [2.75, 3.05) is 20.7 Å². The second-order valence-electron chi connectivity index (χ2n) is 3.30. The van der Waals surface area contributed by atoms with E-state index in [1.54, 1.807) is 7.11 Å². The van der Waals surface area contributed by atoms with E-state index >= 15 is 0 Å². The fraction of sp³-hybridized carbons (Fsp3) is 0.273. The summed E-state index contributed by atoms with van der Waals surface area (Å²) in [5.41, 5.74) is 2.54. The Hall–Kier alpha value is -1.28. The molecular weight excluding hydrogens is 162 g/mol. The predicted octanol–water partition coefficient (Wildman–Crippen LogP) is 0.834. The molecule has 0 aromatic heterocycles. The smallest absolute Gasteiger partial charge is 0.142 e. The van der Waals surface area contributed by atoms with Gasteiger partial charge in [0.15, 0.2) is 0 Å². The van der Waals surface area contributed by atoms with Crippen molar-refractivity contribution >= 4 is 11.4 Å². The summed E-state index contributed by atoms with van der Waals surface area (Å²) >= 11 is 0. The molecule has 0 amide bonds. The first-order chi connectivity index (χ1) is 6.33. The molecule has 1 atom stereocenters. The minimum atomic E-state index is 1.00. The Labute approximate surface area is 78.4 Å². The number of quaternary nitrogens is 1. The number of likely N-dealkylation sites (N-methyl/N-ethyl adjacent to an activating group) is 1. The van der Waals surface area contributed by atoms with Crippen LogP contribution in [0.2, 0.25) is 0 Å². The van der Waals surface area contributed by atoms with Gasteiger partial charge in [0.05, 0.1) is 19.7 Å². The maximum absolute atomic E-state index is 5.31. The number of nitrogens with one attached hydrogen (secondary N) is 1. The van der Waals surface area contributed by atoms with Gasteiger partial charge < -0.3 is 9.64 Å². The lowest BCUT2D eigenvalue weighted by molar-refractivity contribution is -0.804. The summed E-state index contributed by atoms with van der Waals surface area (Å²) in [6.07, 6.45) is 2.14. The lowest BCUT2D eigenvalue weighted by Crippen LogP contribution is -3.04. The summed E-state index contributed by atoms with van der Waals surface area (Å²) in [4.78, 5) is 1.41. The first-order valence-electron chi connectivity index (χ1n) is 4.49. The van der Waals surface area contributed by atoms with E-state index in [4.69, 9.17) is 4.74 Å². The number of ether oxygens (including phenoxy) is 1. The van der Waals surface area contributed by atoms with Crippen molar-refractivity contribution in [3.63, 3.8) is 0 Å². The topological polar surface area (TPSA) is 13.7 Å². The van der Waals surface area contributed by atoms with Gasteiger partial charge in [0.1, 0.15) is 18.0 Å². The Kier molecular flexibility index (Phi) is 2.07. The Bertz CT molecular complexity index is 344. The zero-order valence-corrected chi connectivity index (χ0v) is 8.00. The highest BCUT2D eigenvalue weighted by atomic mass is 16.5. The maximum Gasteiger partial charge on any atom is 0.142 e. The van der Waals surface area contributed by atoms with Crippen molar-refractivity contribution in [2.45, 2.75) is 0 Å². The molecule has 1 aromatic carbocycles. The summed E-state index contributed by atoms with van der Waals surface area (Å²) in [5.74, 6) is 1.00. The SMILES string of the molecule is COC1=CC[NH+](C)c2ccccc21. The number of hydrogen-bond acceptors (Lipinski definition) is 1. The monoisotopic (exact) mass is 176 g/mol. The van der Waals surface area contributed by atoms with Crippen molar-refractivity contribution in [2.24, 2.45) is 0 Å². The van der Waals surface area contributed by atoms with Crippen LogP contribution in [0.25, 0.3) is 5.76 Å². The molecule has 0 bridgehead atoms. The molecule has 1 aromatic rings. The number of benzene rings is 1. The minimum Gasteiger partial charge on any atom is -0.496 e. The standard InChI is InChI=1S/C11H13NO/c1-12-8-7-11(13-2)9-5-3-4-6-10(9)12/h3-7H,8H2,1-2H3/p+1. The van der Waals surface area contributed by atoms with E-state index in [2.05, 4.69) is 31.3 Å². The van der Waals surface area contributed by atoms with E-state index in [1.807, 2.05) is 6.07 Å². The molecule has 1 heterocycles. The van der Waals surface area contributed by atoms with Crippen molar-refractivity contribution in [1.29, 1.82) is 0 Å². The number of para-hydroxylation sites is 1. The molecule has 0 saturated carbocycles. The van der Waals surface area contributed by atoms with Crippen LogP contribution in [0.3, 0.4) is 0 Å². The molecule has 0 spiro atoms. The molecule has 2 heteroatoms. The predicted molar refractivity (Wildman–Crippen MR) is 52.8 cm³/mol. The van der Waals surface area contributed by atoms with Crippen LogP contribution in [0.5, 0.6) is 0 Å². The summed E-state index contributed by atoms with van der Waals surface area (Å²) in [7, 11) is 3.89. The largest absolute Gasteiger partial charge is 0.496 e. The highest BCUT2D eigenvalue weighted by molar-refractivity contribution is 5.69. The third-order valence-electron chi connectivity index (χ3n) is 2.47. The lowest BCUT2D eigenvalue weighted by atomic mass is 10.1. The van der Waals surface area contributed by atoms with Gasteiger partial charge in [0.2, 0.25) is 0 Å². The Balaban J connectivity index is 2.52. The molecule has 13 heavy (non-hydrogen) atoms. The van der Waals surface area contributed by atoms with Crippen LogP contribution >= 0.6 is 0 Å². The molecule has 1 unspecified atom stereocenters. The molecule has 2 nitrogen and oxygen atoms in total. The number of methoxy groups -OCH3 is 1. The van der Waals surface area contributed by atoms with Crippen LogP contribution in [-0.2, 0) is 4.74 Å².